The van der Waals surface area contributed by atoms with Crippen molar-refractivity contribution in [3.8, 4) is 11.1 Å². The van der Waals surface area contributed by atoms with Crippen LogP contribution in [0.15, 0.2) is 42.6 Å². The molecule has 0 spiro atoms. The molecule has 0 bridgehead atoms. The van der Waals surface area contributed by atoms with Gasteiger partial charge < -0.3 is 0 Å². The molecule has 19 heavy (non-hydrogen) atoms. The lowest BCUT2D eigenvalue weighted by Crippen LogP contribution is -1.93. The van der Waals surface area contributed by atoms with Gasteiger partial charge in [0, 0.05) is 6.20 Å². The molecule has 1 aromatic heterocycles. The number of rotatable bonds is 3. The van der Waals surface area contributed by atoms with Gasteiger partial charge in [0.15, 0.2) is 5.78 Å². The normalized spacial score (nSPS) is 10.9. The highest BCUT2D eigenvalue weighted by Gasteiger charge is 2.07. The van der Waals surface area contributed by atoms with E-state index in [0.717, 1.165) is 16.8 Å². The molecule has 0 fully saturated rings. The maximum Gasteiger partial charge on any atom is 0.152 e. The molecule has 0 unspecified atom stereocenters. The number of carbonyl (C=O) groups is 1. The van der Waals surface area contributed by atoms with Crippen LogP contribution in [0.1, 0.15) is 23.7 Å². The average molecular weight is 251 g/mol. The fraction of sp³-hybridized carbons (Fsp3) is 0.176. The highest BCUT2D eigenvalue weighted by Crippen LogP contribution is 2.27. The van der Waals surface area contributed by atoms with Crippen molar-refractivity contribution in [3.05, 3.63) is 59.4 Å². The van der Waals surface area contributed by atoms with Gasteiger partial charge in [-0.05, 0) is 61.2 Å². The Hall–Kier alpha value is -2.22. The van der Waals surface area contributed by atoms with Crippen molar-refractivity contribution in [1.82, 2.24) is 4.98 Å². The number of ketones is 1. The molecule has 2 rings (SSSR count). The topological polar surface area (TPSA) is 30.0 Å². The number of allylic oxidation sites excluding steroid dienone is 1. The molecule has 2 nitrogen and oxygen atoms in total. The van der Waals surface area contributed by atoms with E-state index >= 15 is 0 Å². The third-order valence-corrected chi connectivity index (χ3v) is 3.15. The van der Waals surface area contributed by atoms with Crippen LogP contribution < -0.4 is 0 Å². The number of pyridine rings is 1. The number of hydrogen-bond donors (Lipinski definition) is 0. The first-order valence-corrected chi connectivity index (χ1v) is 6.30. The molecule has 0 saturated carbocycles. The van der Waals surface area contributed by atoms with E-state index in [1.54, 1.807) is 18.3 Å². The maximum absolute atomic E-state index is 11.0. The Bertz CT molecular complexity index is 641. The molecule has 0 aliphatic rings. The second-order valence-electron chi connectivity index (χ2n) is 4.63. The number of aromatic nitrogens is 1. The molecule has 0 radical (unpaired) electrons. The lowest BCUT2D eigenvalue weighted by atomic mass is 9.96. The molecule has 0 aliphatic carbocycles. The van der Waals surface area contributed by atoms with E-state index < -0.39 is 0 Å². The lowest BCUT2D eigenvalue weighted by molar-refractivity contribution is -0.112. The van der Waals surface area contributed by atoms with Crippen molar-refractivity contribution < 1.29 is 4.79 Å². The average Bonchev–Trinajstić information content (AvgIpc) is 2.38. The minimum absolute atomic E-state index is 0.0301. The van der Waals surface area contributed by atoms with Crippen LogP contribution in [0.25, 0.3) is 17.2 Å². The van der Waals surface area contributed by atoms with Crippen LogP contribution in [-0.4, -0.2) is 10.8 Å². The van der Waals surface area contributed by atoms with Gasteiger partial charge in [-0.3, -0.25) is 9.78 Å². The van der Waals surface area contributed by atoms with Gasteiger partial charge in [0.25, 0.3) is 0 Å². The second kappa shape index (κ2) is 5.61. The van der Waals surface area contributed by atoms with Gasteiger partial charge in [-0.15, -0.1) is 0 Å². The van der Waals surface area contributed by atoms with Crippen LogP contribution in [0, 0.1) is 13.8 Å². The third-order valence-electron chi connectivity index (χ3n) is 3.15. The van der Waals surface area contributed by atoms with Gasteiger partial charge in [-0.2, -0.15) is 0 Å². The molecule has 0 atom stereocenters. The summed E-state index contributed by atoms with van der Waals surface area (Å²) in [5.74, 6) is 0.0301. The fourth-order valence-electron chi connectivity index (χ4n) is 2.08. The monoisotopic (exact) mass is 251 g/mol. The molecule has 1 heterocycles. The molecule has 0 amide bonds. The summed E-state index contributed by atoms with van der Waals surface area (Å²) < 4.78 is 0. The van der Waals surface area contributed by atoms with Crippen molar-refractivity contribution in [1.29, 1.82) is 0 Å². The molecule has 96 valence electrons. The van der Waals surface area contributed by atoms with Crippen LogP contribution in [-0.2, 0) is 4.79 Å². The van der Waals surface area contributed by atoms with Crippen molar-refractivity contribution in [2.24, 2.45) is 0 Å². The quantitative estimate of drug-likeness (QED) is 0.773. The summed E-state index contributed by atoms with van der Waals surface area (Å²) in [6, 6.07) is 10.3. The van der Waals surface area contributed by atoms with E-state index in [0.29, 0.717) is 0 Å². The Labute approximate surface area is 113 Å². The predicted octanol–water partition coefficient (Wildman–Crippen LogP) is 3.97. The van der Waals surface area contributed by atoms with Gasteiger partial charge in [0.05, 0.1) is 5.69 Å². The summed E-state index contributed by atoms with van der Waals surface area (Å²) in [7, 11) is 0. The first kappa shape index (κ1) is 13.2. The van der Waals surface area contributed by atoms with Crippen molar-refractivity contribution >= 4 is 11.9 Å². The number of benzene rings is 1. The minimum atomic E-state index is 0.0301. The number of aryl methyl sites for hydroxylation is 1. The van der Waals surface area contributed by atoms with Gasteiger partial charge in [-0.25, -0.2) is 0 Å². The minimum Gasteiger partial charge on any atom is -0.295 e. The first-order valence-electron chi connectivity index (χ1n) is 6.30. The van der Waals surface area contributed by atoms with Gasteiger partial charge in [-0.1, -0.05) is 24.3 Å². The Morgan fingerprint density at radius 3 is 2.53 bits per heavy atom. The van der Waals surface area contributed by atoms with Crippen LogP contribution >= 0.6 is 0 Å². The SMILES string of the molecule is CC(=O)/C=C\c1nccc(-c2ccccc2C)c1C. The summed E-state index contributed by atoms with van der Waals surface area (Å²) in [6.45, 7) is 5.67. The van der Waals surface area contributed by atoms with E-state index in [4.69, 9.17) is 0 Å². The van der Waals surface area contributed by atoms with Crippen LogP contribution in [0.3, 0.4) is 0 Å². The Morgan fingerprint density at radius 2 is 1.84 bits per heavy atom. The van der Waals surface area contributed by atoms with Gasteiger partial charge >= 0.3 is 0 Å². The largest absolute Gasteiger partial charge is 0.295 e. The van der Waals surface area contributed by atoms with Crippen molar-refractivity contribution in [2.75, 3.05) is 0 Å². The fourth-order valence-corrected chi connectivity index (χ4v) is 2.08. The zero-order valence-corrected chi connectivity index (χ0v) is 11.5. The smallest absolute Gasteiger partial charge is 0.152 e. The summed E-state index contributed by atoms with van der Waals surface area (Å²) in [5.41, 5.74) is 5.54. The highest BCUT2D eigenvalue weighted by molar-refractivity contribution is 5.91. The third kappa shape index (κ3) is 2.97. The molecule has 1 aromatic carbocycles. The van der Waals surface area contributed by atoms with E-state index in [2.05, 4.69) is 24.0 Å². The van der Waals surface area contributed by atoms with Crippen LogP contribution in [0.2, 0.25) is 0 Å². The van der Waals surface area contributed by atoms with E-state index in [9.17, 15) is 4.79 Å². The predicted molar refractivity (Wildman–Crippen MR) is 78.9 cm³/mol. The number of carbonyl (C=O) groups excluding carboxylic acids is 1. The molecule has 0 N–H and O–H groups in total. The molecule has 0 saturated heterocycles. The molecular formula is C17H17NO. The second-order valence-corrected chi connectivity index (χ2v) is 4.63. The maximum atomic E-state index is 11.0. The zero-order chi connectivity index (χ0) is 13.8. The first-order chi connectivity index (χ1) is 9.09. The van der Waals surface area contributed by atoms with Crippen molar-refractivity contribution in [2.45, 2.75) is 20.8 Å². The highest BCUT2D eigenvalue weighted by atomic mass is 16.1. The molecule has 2 aromatic rings. The summed E-state index contributed by atoms with van der Waals surface area (Å²) in [5, 5.41) is 0. The summed E-state index contributed by atoms with van der Waals surface area (Å²) in [6.07, 6.45) is 5.12. The summed E-state index contributed by atoms with van der Waals surface area (Å²) in [4.78, 5) is 15.3. The lowest BCUT2D eigenvalue weighted by Gasteiger charge is -2.10. The molecule has 0 aliphatic heterocycles. The van der Waals surface area contributed by atoms with Crippen LogP contribution in [0.5, 0.6) is 0 Å². The van der Waals surface area contributed by atoms with E-state index in [1.165, 1.54) is 18.1 Å². The van der Waals surface area contributed by atoms with Gasteiger partial charge in [0.1, 0.15) is 0 Å². The molecular weight excluding hydrogens is 234 g/mol. The standard InChI is InChI=1S/C17H17NO/c1-12-6-4-5-7-15(12)16-10-11-18-17(14(16)3)9-8-13(2)19/h4-11H,1-3H3/b9-8-. The van der Waals surface area contributed by atoms with E-state index in [-0.39, 0.29) is 5.78 Å². The number of hydrogen-bond acceptors (Lipinski definition) is 2. The van der Waals surface area contributed by atoms with Crippen molar-refractivity contribution in [3.63, 3.8) is 0 Å². The Kier molecular flexibility index (Phi) is 3.91. The van der Waals surface area contributed by atoms with Crippen LogP contribution in [0.4, 0.5) is 0 Å². The Balaban J connectivity index is 2.52. The van der Waals surface area contributed by atoms with E-state index in [1.807, 2.05) is 25.1 Å². The zero-order valence-electron chi connectivity index (χ0n) is 11.5. The summed E-state index contributed by atoms with van der Waals surface area (Å²) >= 11 is 0. The number of nitrogens with zero attached hydrogens (tertiary/aromatic N) is 1. The van der Waals surface area contributed by atoms with Gasteiger partial charge in [0.2, 0.25) is 0 Å². The molecule has 2 heteroatoms. The Morgan fingerprint density at radius 1 is 1.11 bits per heavy atom.